The van der Waals surface area contributed by atoms with Crippen LogP contribution in [-0.2, 0) is 14.4 Å². The molecule has 1 aromatic rings. The van der Waals surface area contributed by atoms with Gasteiger partial charge in [0.05, 0.1) is 21.7 Å². The first kappa shape index (κ1) is 9.80. The molecule has 0 bridgehead atoms. The average molecular weight is 287 g/mol. The number of benzene rings is 1. The van der Waals surface area contributed by atoms with E-state index in [1.165, 1.54) is 12.1 Å². The zero-order valence-electron chi connectivity index (χ0n) is 12.5. The van der Waals surface area contributed by atoms with E-state index < -0.39 is 24.8 Å². The number of hydroxylamine groups is 2. The Kier molecular flexibility index (Phi) is 2.72. The molecule has 2 amide bonds. The van der Waals surface area contributed by atoms with Gasteiger partial charge < -0.3 is 9.57 Å². The number of halogens is 1. The molecule has 0 aromatic heterocycles. The number of ether oxygens (including phenoxy) is 1. The molecule has 0 radical (unpaired) electrons. The number of nitrogens with zero attached hydrogens (tertiary/aromatic N) is 1. The lowest BCUT2D eigenvalue weighted by Crippen LogP contribution is -2.32. The van der Waals surface area contributed by atoms with Gasteiger partial charge in [0.2, 0.25) is 0 Å². The SMILES string of the molecule is [2H]C([2H])([2H])Oc1ccc(C(=O)ON2C(=O)CCC2=O)cc1Cl. The highest BCUT2D eigenvalue weighted by Crippen LogP contribution is 2.25. The van der Waals surface area contributed by atoms with E-state index in [9.17, 15) is 14.4 Å². The van der Waals surface area contributed by atoms with Gasteiger partial charge in [-0.15, -0.1) is 5.06 Å². The van der Waals surface area contributed by atoms with Gasteiger partial charge in [0.1, 0.15) is 5.75 Å². The van der Waals surface area contributed by atoms with E-state index in [-0.39, 0.29) is 29.2 Å². The predicted molar refractivity (Wildman–Crippen MR) is 64.5 cm³/mol. The molecule has 0 unspecified atom stereocenters. The van der Waals surface area contributed by atoms with Crippen molar-refractivity contribution in [1.29, 1.82) is 0 Å². The van der Waals surface area contributed by atoms with Crippen molar-refractivity contribution < 1.29 is 28.1 Å². The van der Waals surface area contributed by atoms with Gasteiger partial charge in [0, 0.05) is 12.8 Å². The van der Waals surface area contributed by atoms with Gasteiger partial charge in [0.15, 0.2) is 0 Å². The van der Waals surface area contributed by atoms with Crippen molar-refractivity contribution in [3.05, 3.63) is 28.8 Å². The zero-order chi connectivity index (χ0) is 16.5. The third-order valence-corrected chi connectivity index (χ3v) is 2.75. The second kappa shape index (κ2) is 5.27. The average Bonchev–Trinajstić information content (AvgIpc) is 2.71. The first-order valence-electron chi connectivity index (χ1n) is 6.74. The summed E-state index contributed by atoms with van der Waals surface area (Å²) in [6.07, 6.45) is -0.0313. The van der Waals surface area contributed by atoms with Crippen LogP contribution in [0.25, 0.3) is 0 Å². The second-order valence-corrected chi connectivity index (χ2v) is 4.12. The molecule has 100 valence electrons. The molecule has 0 spiro atoms. The molecule has 7 heteroatoms. The normalized spacial score (nSPS) is 17.7. The summed E-state index contributed by atoms with van der Waals surface area (Å²) >= 11 is 5.82. The van der Waals surface area contributed by atoms with Gasteiger partial charge >= 0.3 is 5.97 Å². The van der Waals surface area contributed by atoms with Crippen molar-refractivity contribution in [3.8, 4) is 5.75 Å². The van der Waals surface area contributed by atoms with Crippen LogP contribution in [0.1, 0.15) is 27.3 Å². The summed E-state index contributed by atoms with van der Waals surface area (Å²) in [5.41, 5.74) is -0.0598. The maximum absolute atomic E-state index is 11.9. The standard InChI is InChI=1S/C12H10ClNO5/c1-18-9-3-2-7(6-8(9)13)12(17)19-14-10(15)4-5-11(14)16/h2-3,6H,4-5H2,1H3/i1D3. The number of imide groups is 1. The van der Waals surface area contributed by atoms with E-state index in [2.05, 4.69) is 4.74 Å². The molecule has 19 heavy (non-hydrogen) atoms. The van der Waals surface area contributed by atoms with Crippen molar-refractivity contribution in [2.75, 3.05) is 7.04 Å². The van der Waals surface area contributed by atoms with Gasteiger partial charge in [-0.25, -0.2) is 4.79 Å². The van der Waals surface area contributed by atoms with E-state index in [1.807, 2.05) is 0 Å². The highest BCUT2D eigenvalue weighted by atomic mass is 35.5. The molecular weight excluding hydrogens is 274 g/mol. The Morgan fingerprint density at radius 1 is 1.37 bits per heavy atom. The summed E-state index contributed by atoms with van der Waals surface area (Å²) in [4.78, 5) is 39.3. The Morgan fingerprint density at radius 2 is 2.05 bits per heavy atom. The van der Waals surface area contributed by atoms with Crippen molar-refractivity contribution >= 4 is 29.4 Å². The molecule has 1 aliphatic rings. The summed E-state index contributed by atoms with van der Waals surface area (Å²) in [6.45, 7) is 0. The molecule has 2 rings (SSSR count). The van der Waals surface area contributed by atoms with Crippen LogP contribution in [0.3, 0.4) is 0 Å². The summed E-state index contributed by atoms with van der Waals surface area (Å²) in [6, 6.07) is 3.51. The Labute approximate surface area is 118 Å². The van der Waals surface area contributed by atoms with Gasteiger partial charge in [-0.2, -0.15) is 0 Å². The number of hydrogen-bond donors (Lipinski definition) is 0. The summed E-state index contributed by atoms with van der Waals surface area (Å²) in [7, 11) is -2.68. The fourth-order valence-electron chi connectivity index (χ4n) is 1.50. The molecule has 1 heterocycles. The molecule has 0 atom stereocenters. The molecule has 6 nitrogen and oxygen atoms in total. The van der Waals surface area contributed by atoms with Crippen LogP contribution in [0.2, 0.25) is 5.02 Å². The predicted octanol–water partition coefficient (Wildman–Crippen LogP) is 1.57. The molecule has 0 aliphatic carbocycles. The third-order valence-electron chi connectivity index (χ3n) is 2.46. The quantitative estimate of drug-likeness (QED) is 0.789. The lowest BCUT2D eigenvalue weighted by Gasteiger charge is -2.12. The molecule has 1 saturated heterocycles. The number of carbonyl (C=O) groups excluding carboxylic acids is 3. The molecular formula is C12H10ClNO5. The first-order valence-corrected chi connectivity index (χ1v) is 5.62. The zero-order valence-corrected chi connectivity index (χ0v) is 10.3. The molecule has 0 N–H and O–H groups in total. The van der Waals surface area contributed by atoms with Gasteiger partial charge in [-0.3, -0.25) is 9.59 Å². The second-order valence-electron chi connectivity index (χ2n) is 3.71. The smallest absolute Gasteiger partial charge is 0.363 e. The number of rotatable bonds is 3. The number of carbonyl (C=O) groups is 3. The van der Waals surface area contributed by atoms with E-state index in [0.717, 1.165) is 6.07 Å². The molecule has 0 saturated carbocycles. The molecule has 1 aliphatic heterocycles. The van der Waals surface area contributed by atoms with Crippen molar-refractivity contribution in [2.24, 2.45) is 0 Å². The van der Waals surface area contributed by atoms with E-state index in [0.29, 0.717) is 5.06 Å². The van der Waals surface area contributed by atoms with Gasteiger partial charge in [-0.05, 0) is 18.2 Å². The minimum Gasteiger partial charge on any atom is -0.495 e. The summed E-state index contributed by atoms with van der Waals surface area (Å²) < 4.78 is 25.6. The van der Waals surface area contributed by atoms with E-state index >= 15 is 0 Å². The molecule has 1 aromatic carbocycles. The Bertz CT molecular complexity index is 630. The van der Waals surface area contributed by atoms with Crippen LogP contribution < -0.4 is 4.74 Å². The fraction of sp³-hybridized carbons (Fsp3) is 0.250. The van der Waals surface area contributed by atoms with Crippen molar-refractivity contribution in [2.45, 2.75) is 12.8 Å². The maximum Gasteiger partial charge on any atom is 0.363 e. The Hall–Kier alpha value is -2.08. The van der Waals surface area contributed by atoms with Crippen molar-refractivity contribution in [1.82, 2.24) is 5.06 Å². The van der Waals surface area contributed by atoms with Crippen LogP contribution in [-0.4, -0.2) is 29.9 Å². The van der Waals surface area contributed by atoms with Crippen LogP contribution in [0.15, 0.2) is 18.2 Å². The Balaban J connectivity index is 2.12. The monoisotopic (exact) mass is 286 g/mol. The molecule has 1 fully saturated rings. The van der Waals surface area contributed by atoms with Crippen LogP contribution >= 0.6 is 11.6 Å². The highest BCUT2D eigenvalue weighted by molar-refractivity contribution is 6.32. The van der Waals surface area contributed by atoms with Crippen LogP contribution in [0.5, 0.6) is 5.75 Å². The topological polar surface area (TPSA) is 72.9 Å². The summed E-state index contributed by atoms with van der Waals surface area (Å²) in [5.74, 6) is -2.31. The van der Waals surface area contributed by atoms with Crippen LogP contribution in [0.4, 0.5) is 0 Å². The first-order chi connectivity index (χ1) is 10.2. The third kappa shape index (κ3) is 2.68. The number of hydrogen-bond acceptors (Lipinski definition) is 5. The van der Waals surface area contributed by atoms with E-state index in [1.54, 1.807) is 0 Å². The minimum atomic E-state index is -2.68. The number of amides is 2. The number of methoxy groups -OCH3 is 1. The van der Waals surface area contributed by atoms with E-state index in [4.69, 9.17) is 20.6 Å². The van der Waals surface area contributed by atoms with Gasteiger partial charge in [0.25, 0.3) is 11.8 Å². The van der Waals surface area contributed by atoms with Gasteiger partial charge in [-0.1, -0.05) is 11.6 Å². The van der Waals surface area contributed by atoms with Crippen LogP contribution in [0, 0.1) is 0 Å². The largest absolute Gasteiger partial charge is 0.495 e. The lowest BCUT2D eigenvalue weighted by atomic mass is 10.2. The van der Waals surface area contributed by atoms with Crippen molar-refractivity contribution in [3.63, 3.8) is 0 Å². The summed E-state index contributed by atoms with van der Waals surface area (Å²) in [5, 5.41) is 0.285. The lowest BCUT2D eigenvalue weighted by molar-refractivity contribution is -0.172. The highest BCUT2D eigenvalue weighted by Gasteiger charge is 2.33. The maximum atomic E-state index is 11.9. The minimum absolute atomic E-state index is 0.0156. The Morgan fingerprint density at radius 3 is 2.63 bits per heavy atom. The fourth-order valence-corrected chi connectivity index (χ4v) is 1.72.